The summed E-state index contributed by atoms with van der Waals surface area (Å²) in [5.41, 5.74) is 6.89. The number of hydrogen-bond acceptors (Lipinski definition) is 5. The predicted molar refractivity (Wildman–Crippen MR) is 74.6 cm³/mol. The zero-order valence-corrected chi connectivity index (χ0v) is 11.3. The maximum atomic E-state index is 5.87. The summed E-state index contributed by atoms with van der Waals surface area (Å²) in [5.74, 6) is 1.49. The molecule has 0 saturated carbocycles. The zero-order chi connectivity index (χ0) is 13.0. The third-order valence-corrected chi connectivity index (χ3v) is 3.74. The van der Waals surface area contributed by atoms with E-state index in [1.165, 1.54) is 25.7 Å². The molecule has 1 aliphatic rings. The number of anilines is 2. The second kappa shape index (κ2) is 6.00. The van der Waals surface area contributed by atoms with Crippen LogP contribution in [-0.2, 0) is 6.42 Å². The topological polar surface area (TPSA) is 67.1 Å². The van der Waals surface area contributed by atoms with E-state index in [0.29, 0.717) is 11.9 Å². The highest BCUT2D eigenvalue weighted by Gasteiger charge is 2.22. The van der Waals surface area contributed by atoms with Crippen molar-refractivity contribution < 1.29 is 0 Å². The average Bonchev–Trinajstić information content (AvgIpc) is 2.83. The molecule has 5 nitrogen and oxygen atoms in total. The highest BCUT2D eigenvalue weighted by atomic mass is 15.2. The van der Waals surface area contributed by atoms with E-state index < -0.39 is 0 Å². The van der Waals surface area contributed by atoms with Gasteiger partial charge in [-0.15, -0.1) is 0 Å². The molecule has 1 aliphatic heterocycles. The quantitative estimate of drug-likeness (QED) is 0.828. The molecule has 100 valence electrons. The minimum Gasteiger partial charge on any atom is -0.383 e. The van der Waals surface area contributed by atoms with Gasteiger partial charge in [0.1, 0.15) is 18.0 Å². The molecular formula is C13H23N5. The molecule has 2 rings (SSSR count). The Bertz CT molecular complexity index is 393. The van der Waals surface area contributed by atoms with E-state index in [2.05, 4.69) is 34.0 Å². The first-order valence-corrected chi connectivity index (χ1v) is 6.83. The Kier molecular flexibility index (Phi) is 4.36. The Balaban J connectivity index is 2.00. The Morgan fingerprint density at radius 1 is 1.44 bits per heavy atom. The van der Waals surface area contributed by atoms with Gasteiger partial charge in [-0.05, 0) is 32.4 Å². The van der Waals surface area contributed by atoms with Crippen molar-refractivity contribution >= 4 is 11.6 Å². The Hall–Kier alpha value is -1.36. The summed E-state index contributed by atoms with van der Waals surface area (Å²) in [6, 6.07) is 0.621. The summed E-state index contributed by atoms with van der Waals surface area (Å²) >= 11 is 0. The number of likely N-dealkylation sites (N-methyl/N-ethyl adjacent to an activating group) is 1. The SMILES string of the molecule is CCc1c(N)ncnc1NCC1CCCN1CC. The largest absolute Gasteiger partial charge is 0.383 e. The lowest BCUT2D eigenvalue weighted by Crippen LogP contribution is -2.35. The Labute approximate surface area is 109 Å². The van der Waals surface area contributed by atoms with Crippen molar-refractivity contribution in [1.82, 2.24) is 14.9 Å². The smallest absolute Gasteiger partial charge is 0.134 e. The number of likely N-dealkylation sites (tertiary alicyclic amines) is 1. The van der Waals surface area contributed by atoms with Gasteiger partial charge in [-0.25, -0.2) is 9.97 Å². The highest BCUT2D eigenvalue weighted by molar-refractivity contribution is 5.54. The third-order valence-electron chi connectivity index (χ3n) is 3.74. The van der Waals surface area contributed by atoms with Gasteiger partial charge >= 0.3 is 0 Å². The van der Waals surface area contributed by atoms with Gasteiger partial charge in [-0.2, -0.15) is 0 Å². The molecule has 1 aromatic rings. The van der Waals surface area contributed by atoms with Crippen LogP contribution in [0.4, 0.5) is 11.6 Å². The monoisotopic (exact) mass is 249 g/mol. The second-order valence-electron chi connectivity index (χ2n) is 4.75. The standard InChI is InChI=1S/C13H23N5/c1-3-11-12(14)16-9-17-13(11)15-8-10-6-5-7-18(10)4-2/h9-10H,3-8H2,1-2H3,(H3,14,15,16,17). The molecule has 5 heteroatoms. The molecule has 18 heavy (non-hydrogen) atoms. The van der Waals surface area contributed by atoms with E-state index >= 15 is 0 Å². The van der Waals surface area contributed by atoms with Crippen molar-refractivity contribution in [3.63, 3.8) is 0 Å². The van der Waals surface area contributed by atoms with Crippen LogP contribution in [-0.4, -0.2) is 40.5 Å². The average molecular weight is 249 g/mol. The van der Waals surface area contributed by atoms with Gasteiger partial charge < -0.3 is 11.1 Å². The lowest BCUT2D eigenvalue weighted by molar-refractivity contribution is 0.277. The lowest BCUT2D eigenvalue weighted by Gasteiger charge is -2.23. The number of hydrogen-bond donors (Lipinski definition) is 2. The molecule has 3 N–H and O–H groups in total. The van der Waals surface area contributed by atoms with Gasteiger partial charge in [-0.3, -0.25) is 4.90 Å². The lowest BCUT2D eigenvalue weighted by atomic mass is 10.2. The van der Waals surface area contributed by atoms with Crippen LogP contribution in [0.3, 0.4) is 0 Å². The Morgan fingerprint density at radius 3 is 3.00 bits per heavy atom. The van der Waals surface area contributed by atoms with E-state index in [9.17, 15) is 0 Å². The zero-order valence-electron chi connectivity index (χ0n) is 11.3. The van der Waals surface area contributed by atoms with Crippen molar-refractivity contribution in [3.8, 4) is 0 Å². The van der Waals surface area contributed by atoms with Crippen molar-refractivity contribution in [2.45, 2.75) is 39.2 Å². The van der Waals surface area contributed by atoms with Gasteiger partial charge in [0, 0.05) is 18.2 Å². The Morgan fingerprint density at radius 2 is 2.28 bits per heavy atom. The maximum absolute atomic E-state index is 5.87. The second-order valence-corrected chi connectivity index (χ2v) is 4.75. The number of nitrogens with one attached hydrogen (secondary N) is 1. The number of nitrogen functional groups attached to an aromatic ring is 1. The fourth-order valence-electron chi connectivity index (χ4n) is 2.68. The van der Waals surface area contributed by atoms with E-state index in [-0.39, 0.29) is 0 Å². The normalized spacial score (nSPS) is 20.2. The van der Waals surface area contributed by atoms with Crippen molar-refractivity contribution in [1.29, 1.82) is 0 Å². The number of nitrogens with zero attached hydrogens (tertiary/aromatic N) is 3. The van der Waals surface area contributed by atoms with Crippen LogP contribution in [0.15, 0.2) is 6.33 Å². The first-order valence-electron chi connectivity index (χ1n) is 6.83. The summed E-state index contributed by atoms with van der Waals surface area (Å²) < 4.78 is 0. The van der Waals surface area contributed by atoms with Crippen LogP contribution in [0.1, 0.15) is 32.3 Å². The van der Waals surface area contributed by atoms with Crippen LogP contribution in [0.5, 0.6) is 0 Å². The third kappa shape index (κ3) is 2.72. The number of aromatic nitrogens is 2. The van der Waals surface area contributed by atoms with E-state index in [4.69, 9.17) is 5.73 Å². The molecule has 1 fully saturated rings. The van der Waals surface area contributed by atoms with Gasteiger partial charge in [0.25, 0.3) is 0 Å². The molecule has 0 aromatic carbocycles. The van der Waals surface area contributed by atoms with Crippen molar-refractivity contribution in [2.75, 3.05) is 30.7 Å². The van der Waals surface area contributed by atoms with Crippen molar-refractivity contribution in [2.24, 2.45) is 0 Å². The molecule has 1 atom stereocenters. The van der Waals surface area contributed by atoms with Crippen LogP contribution >= 0.6 is 0 Å². The summed E-state index contributed by atoms with van der Waals surface area (Å²) in [6.45, 7) is 7.58. The first kappa shape index (κ1) is 13.1. The molecule has 0 spiro atoms. The highest BCUT2D eigenvalue weighted by Crippen LogP contribution is 2.20. The molecule has 0 aliphatic carbocycles. The summed E-state index contributed by atoms with van der Waals surface area (Å²) in [6.07, 6.45) is 4.95. The first-order chi connectivity index (χ1) is 8.76. The molecule has 0 radical (unpaired) electrons. The summed E-state index contributed by atoms with van der Waals surface area (Å²) in [5, 5.41) is 3.44. The maximum Gasteiger partial charge on any atom is 0.134 e. The minimum absolute atomic E-state index is 0.591. The molecule has 2 heterocycles. The molecular weight excluding hydrogens is 226 g/mol. The van der Waals surface area contributed by atoms with Gasteiger partial charge in [0.2, 0.25) is 0 Å². The molecule has 0 bridgehead atoms. The molecule has 1 aromatic heterocycles. The van der Waals surface area contributed by atoms with Gasteiger partial charge in [-0.1, -0.05) is 13.8 Å². The number of rotatable bonds is 5. The van der Waals surface area contributed by atoms with Gasteiger partial charge in [0.15, 0.2) is 0 Å². The van der Waals surface area contributed by atoms with E-state index in [1.54, 1.807) is 0 Å². The van der Waals surface area contributed by atoms with Crippen LogP contribution in [0.25, 0.3) is 0 Å². The fraction of sp³-hybridized carbons (Fsp3) is 0.692. The summed E-state index contributed by atoms with van der Waals surface area (Å²) in [4.78, 5) is 10.9. The van der Waals surface area contributed by atoms with Crippen LogP contribution in [0.2, 0.25) is 0 Å². The van der Waals surface area contributed by atoms with Crippen LogP contribution in [0, 0.1) is 0 Å². The predicted octanol–water partition coefficient (Wildman–Crippen LogP) is 1.52. The summed E-state index contributed by atoms with van der Waals surface area (Å²) in [7, 11) is 0. The molecule has 0 amide bonds. The molecule has 1 saturated heterocycles. The fourth-order valence-corrected chi connectivity index (χ4v) is 2.68. The van der Waals surface area contributed by atoms with E-state index in [0.717, 1.165) is 30.9 Å². The minimum atomic E-state index is 0.591. The van der Waals surface area contributed by atoms with Crippen molar-refractivity contribution in [3.05, 3.63) is 11.9 Å². The van der Waals surface area contributed by atoms with Crippen LogP contribution < -0.4 is 11.1 Å². The van der Waals surface area contributed by atoms with Gasteiger partial charge in [0.05, 0.1) is 0 Å². The van der Waals surface area contributed by atoms with E-state index in [1.807, 2.05) is 0 Å². The molecule has 1 unspecified atom stereocenters. The number of nitrogens with two attached hydrogens (primary N) is 1.